The average molecular weight is 504 g/mol. The molecule has 0 fully saturated rings. The fourth-order valence-electron chi connectivity index (χ4n) is 3.24. The first-order valence-electron chi connectivity index (χ1n) is 9.67. The van der Waals surface area contributed by atoms with Crippen molar-refractivity contribution in [3.63, 3.8) is 0 Å². The number of nitrogens with zero attached hydrogens (tertiary/aromatic N) is 2. The lowest BCUT2D eigenvalue weighted by Gasteiger charge is -2.16. The topological polar surface area (TPSA) is 122 Å². The summed E-state index contributed by atoms with van der Waals surface area (Å²) < 4.78 is 77.4. The number of alkyl halides is 6. The van der Waals surface area contributed by atoms with Gasteiger partial charge in [-0.3, -0.25) is 24.6 Å². The minimum absolute atomic E-state index is 0.0165. The molecule has 0 saturated heterocycles. The maximum Gasteiger partial charge on any atom is 0.416 e. The lowest BCUT2D eigenvalue weighted by Crippen LogP contribution is -2.35. The molecule has 0 bridgehead atoms. The summed E-state index contributed by atoms with van der Waals surface area (Å²) >= 11 is 0. The van der Waals surface area contributed by atoms with Crippen molar-refractivity contribution in [3.05, 3.63) is 68.8 Å². The standard InChI is InChI=1S/C20H14F6N4O5/c21-19(22,23)10-6-11(20(24,25)26)8-12(7-10)28-18(33)27-4-1-5-29-16(31)14-3-2-13(30(34)35)9-15(14)17(29)32/h2-3,6-9H,1,4-5H2,(H2,27,28,33). The predicted octanol–water partition coefficient (Wildman–Crippen LogP) is 4.44. The lowest BCUT2D eigenvalue weighted by molar-refractivity contribution is -0.384. The van der Waals surface area contributed by atoms with Crippen LogP contribution < -0.4 is 10.6 Å². The number of anilines is 1. The molecule has 0 radical (unpaired) electrons. The summed E-state index contributed by atoms with van der Waals surface area (Å²) in [5.41, 5.74) is -4.52. The highest BCUT2D eigenvalue weighted by Gasteiger charge is 2.38. The first-order valence-corrected chi connectivity index (χ1v) is 9.67. The van der Waals surface area contributed by atoms with Crippen LogP contribution in [0.25, 0.3) is 0 Å². The van der Waals surface area contributed by atoms with Gasteiger partial charge in [-0.15, -0.1) is 0 Å². The summed E-state index contributed by atoms with van der Waals surface area (Å²) in [7, 11) is 0. The van der Waals surface area contributed by atoms with Crippen molar-refractivity contribution in [1.82, 2.24) is 10.2 Å². The van der Waals surface area contributed by atoms with Gasteiger partial charge in [-0.25, -0.2) is 4.79 Å². The van der Waals surface area contributed by atoms with Crippen LogP contribution in [0.2, 0.25) is 0 Å². The molecule has 2 aromatic carbocycles. The molecule has 0 saturated carbocycles. The van der Waals surface area contributed by atoms with Crippen molar-refractivity contribution in [2.24, 2.45) is 0 Å². The molecule has 186 valence electrons. The molecular weight excluding hydrogens is 490 g/mol. The smallest absolute Gasteiger partial charge is 0.338 e. The van der Waals surface area contributed by atoms with Crippen molar-refractivity contribution in [2.75, 3.05) is 18.4 Å². The quantitative estimate of drug-likeness (QED) is 0.198. The van der Waals surface area contributed by atoms with Crippen LogP contribution in [0, 0.1) is 10.1 Å². The summed E-state index contributed by atoms with van der Waals surface area (Å²) in [4.78, 5) is 47.6. The number of carbonyl (C=O) groups is 3. The van der Waals surface area contributed by atoms with Gasteiger partial charge in [0.05, 0.1) is 27.2 Å². The van der Waals surface area contributed by atoms with E-state index in [-0.39, 0.29) is 42.4 Å². The van der Waals surface area contributed by atoms with Gasteiger partial charge in [0.25, 0.3) is 17.5 Å². The fourth-order valence-corrected chi connectivity index (χ4v) is 3.24. The van der Waals surface area contributed by atoms with Gasteiger partial charge >= 0.3 is 18.4 Å². The fraction of sp³-hybridized carbons (Fsp3) is 0.250. The highest BCUT2D eigenvalue weighted by atomic mass is 19.4. The molecule has 15 heteroatoms. The molecule has 4 amide bonds. The molecule has 3 rings (SSSR count). The molecule has 0 atom stereocenters. The van der Waals surface area contributed by atoms with E-state index in [1.54, 1.807) is 0 Å². The zero-order chi connectivity index (χ0) is 26.1. The van der Waals surface area contributed by atoms with Gasteiger partial charge in [0.2, 0.25) is 0 Å². The van der Waals surface area contributed by atoms with Gasteiger partial charge in [-0.2, -0.15) is 26.3 Å². The molecule has 0 aromatic heterocycles. The molecule has 1 heterocycles. The zero-order valence-electron chi connectivity index (χ0n) is 17.3. The number of rotatable bonds is 6. The maximum absolute atomic E-state index is 12.9. The largest absolute Gasteiger partial charge is 0.416 e. The second kappa shape index (κ2) is 9.23. The Bertz CT molecular complexity index is 1180. The highest BCUT2D eigenvalue weighted by Crippen LogP contribution is 2.37. The number of benzene rings is 2. The second-order valence-electron chi connectivity index (χ2n) is 7.28. The predicted molar refractivity (Wildman–Crippen MR) is 107 cm³/mol. The molecule has 1 aliphatic rings. The summed E-state index contributed by atoms with van der Waals surface area (Å²) in [6.45, 7) is -0.410. The van der Waals surface area contributed by atoms with Crippen LogP contribution in [0.3, 0.4) is 0 Å². The highest BCUT2D eigenvalue weighted by molar-refractivity contribution is 6.21. The lowest BCUT2D eigenvalue weighted by atomic mass is 10.1. The number of amides is 4. The van der Waals surface area contributed by atoms with E-state index < -0.39 is 51.9 Å². The van der Waals surface area contributed by atoms with Crippen molar-refractivity contribution in [2.45, 2.75) is 18.8 Å². The van der Waals surface area contributed by atoms with Crippen LogP contribution >= 0.6 is 0 Å². The molecular formula is C20H14F6N4O5. The summed E-state index contributed by atoms with van der Waals surface area (Å²) in [5.74, 6) is -1.48. The van der Waals surface area contributed by atoms with Gasteiger partial charge < -0.3 is 10.6 Å². The third kappa shape index (κ3) is 5.67. The minimum atomic E-state index is -5.08. The zero-order valence-corrected chi connectivity index (χ0v) is 17.3. The first kappa shape index (κ1) is 25.5. The Morgan fingerprint density at radius 2 is 1.49 bits per heavy atom. The van der Waals surface area contributed by atoms with E-state index in [9.17, 15) is 50.8 Å². The summed E-state index contributed by atoms with van der Waals surface area (Å²) in [5, 5.41) is 14.9. The van der Waals surface area contributed by atoms with Crippen LogP contribution in [0.15, 0.2) is 36.4 Å². The number of nitro benzene ring substituents is 1. The maximum atomic E-state index is 12.9. The van der Waals surface area contributed by atoms with E-state index in [4.69, 9.17) is 0 Å². The number of imide groups is 1. The third-order valence-electron chi connectivity index (χ3n) is 4.85. The number of halogens is 6. The summed E-state index contributed by atoms with van der Waals surface area (Å²) in [6, 6.07) is 2.65. The van der Waals surface area contributed by atoms with Crippen LogP contribution in [0.4, 0.5) is 42.5 Å². The van der Waals surface area contributed by atoms with E-state index in [0.29, 0.717) is 12.1 Å². The van der Waals surface area contributed by atoms with E-state index in [1.807, 2.05) is 5.32 Å². The third-order valence-corrected chi connectivity index (χ3v) is 4.85. The Kier molecular flexibility index (Phi) is 6.71. The van der Waals surface area contributed by atoms with Crippen molar-refractivity contribution < 1.29 is 45.6 Å². The molecule has 2 N–H and O–H groups in total. The number of nitro groups is 1. The minimum Gasteiger partial charge on any atom is -0.338 e. The number of hydrogen-bond acceptors (Lipinski definition) is 5. The van der Waals surface area contributed by atoms with E-state index in [0.717, 1.165) is 23.1 Å². The normalized spacial score (nSPS) is 13.6. The number of non-ortho nitro benzene ring substituents is 1. The Morgan fingerprint density at radius 1 is 0.914 bits per heavy atom. The average Bonchev–Trinajstić information content (AvgIpc) is 2.99. The van der Waals surface area contributed by atoms with Crippen molar-refractivity contribution in [3.8, 4) is 0 Å². The molecule has 1 aliphatic heterocycles. The van der Waals surface area contributed by atoms with Gasteiger partial charge in [0.1, 0.15) is 0 Å². The second-order valence-corrected chi connectivity index (χ2v) is 7.28. The Hall–Kier alpha value is -4.17. The molecule has 2 aromatic rings. The first-order chi connectivity index (χ1) is 16.2. The van der Waals surface area contributed by atoms with Gasteiger partial charge in [-0.05, 0) is 30.7 Å². The molecule has 0 spiro atoms. The van der Waals surface area contributed by atoms with Crippen LogP contribution in [0.1, 0.15) is 38.3 Å². The van der Waals surface area contributed by atoms with Crippen LogP contribution in [-0.4, -0.2) is 40.8 Å². The van der Waals surface area contributed by atoms with E-state index in [2.05, 4.69) is 5.32 Å². The molecule has 35 heavy (non-hydrogen) atoms. The number of hydrogen-bond donors (Lipinski definition) is 2. The van der Waals surface area contributed by atoms with Crippen molar-refractivity contribution >= 4 is 29.2 Å². The molecule has 0 aliphatic carbocycles. The monoisotopic (exact) mass is 504 g/mol. The van der Waals surface area contributed by atoms with Gasteiger partial charge in [0, 0.05) is 30.9 Å². The Balaban J connectivity index is 1.58. The Labute approximate surface area is 191 Å². The number of carbonyl (C=O) groups excluding carboxylic acids is 3. The number of urea groups is 1. The molecule has 0 unspecified atom stereocenters. The number of nitrogens with one attached hydrogen (secondary N) is 2. The SMILES string of the molecule is O=C(NCCCN1C(=O)c2ccc([N+](=O)[O-])cc2C1=O)Nc1cc(C(F)(F)F)cc(C(F)(F)F)c1. The van der Waals surface area contributed by atoms with E-state index in [1.165, 1.54) is 0 Å². The van der Waals surface area contributed by atoms with Gasteiger partial charge in [0.15, 0.2) is 0 Å². The van der Waals surface area contributed by atoms with Crippen LogP contribution in [0.5, 0.6) is 0 Å². The summed E-state index contributed by atoms with van der Waals surface area (Å²) in [6.07, 6.45) is -10.2. The van der Waals surface area contributed by atoms with Crippen LogP contribution in [-0.2, 0) is 12.4 Å². The molecule has 9 nitrogen and oxygen atoms in total. The number of fused-ring (bicyclic) bond motifs is 1. The van der Waals surface area contributed by atoms with Crippen molar-refractivity contribution in [1.29, 1.82) is 0 Å². The Morgan fingerprint density at radius 3 is 2.03 bits per heavy atom. The van der Waals surface area contributed by atoms with Gasteiger partial charge in [-0.1, -0.05) is 0 Å². The van der Waals surface area contributed by atoms with E-state index >= 15 is 0 Å².